The van der Waals surface area contributed by atoms with E-state index in [0.29, 0.717) is 3.79 Å². The monoisotopic (exact) mass is 326 g/mol. The van der Waals surface area contributed by atoms with Gasteiger partial charge in [-0.3, -0.25) is 4.79 Å². The van der Waals surface area contributed by atoms with E-state index in [0.717, 1.165) is 11.3 Å². The maximum atomic E-state index is 12.1. The van der Waals surface area contributed by atoms with Gasteiger partial charge in [-0.1, -0.05) is 0 Å². The van der Waals surface area contributed by atoms with Crippen LogP contribution in [0, 0.1) is 0 Å². The Morgan fingerprint density at radius 2 is 2.12 bits per heavy atom. The minimum absolute atomic E-state index is 0.0464. The molecule has 16 heavy (non-hydrogen) atoms. The van der Waals surface area contributed by atoms with Crippen molar-refractivity contribution >= 4 is 43.1 Å². The van der Waals surface area contributed by atoms with E-state index in [-0.39, 0.29) is 17.4 Å². The molecule has 2 rings (SSSR count). The summed E-state index contributed by atoms with van der Waals surface area (Å²) in [6.45, 7) is -0.583. The fourth-order valence-corrected chi connectivity index (χ4v) is 5.28. The Kier molecular flexibility index (Phi) is 2.85. The maximum Gasteiger partial charge on any atom is 0.330 e. The molecule has 1 aromatic heterocycles. The van der Waals surface area contributed by atoms with Crippen molar-refractivity contribution in [2.24, 2.45) is 0 Å². The van der Waals surface area contributed by atoms with Gasteiger partial charge in [0, 0.05) is 0 Å². The van der Waals surface area contributed by atoms with Crippen LogP contribution in [0.2, 0.25) is 0 Å². The lowest BCUT2D eigenvalue weighted by atomic mass is 10.1. The van der Waals surface area contributed by atoms with Crippen molar-refractivity contribution in [1.29, 1.82) is 0 Å². The van der Waals surface area contributed by atoms with Gasteiger partial charge in [0.15, 0.2) is 0 Å². The van der Waals surface area contributed by atoms with Gasteiger partial charge in [0.25, 0.3) is 0 Å². The van der Waals surface area contributed by atoms with E-state index in [4.69, 9.17) is 9.84 Å². The number of carbonyl (C=O) groups is 1. The summed E-state index contributed by atoms with van der Waals surface area (Å²) < 4.78 is 27.9. The summed E-state index contributed by atoms with van der Waals surface area (Å²) in [6, 6.07) is 2.97. The molecule has 0 aliphatic carbocycles. The number of carboxylic acid groups (broad SMARTS) is 1. The summed E-state index contributed by atoms with van der Waals surface area (Å²) in [4.78, 5) is 11.1. The van der Waals surface area contributed by atoms with Crippen LogP contribution in [0.25, 0.3) is 0 Å². The van der Waals surface area contributed by atoms with E-state index in [1.165, 1.54) is 6.07 Å². The van der Waals surface area contributed by atoms with Gasteiger partial charge in [0.1, 0.15) is 4.21 Å². The number of hydrogen-bond acceptors (Lipinski definition) is 5. The zero-order valence-electron chi connectivity index (χ0n) is 7.84. The number of halogens is 1. The predicted molar refractivity (Wildman–Crippen MR) is 60.4 cm³/mol. The molecule has 2 heterocycles. The lowest BCUT2D eigenvalue weighted by Gasteiger charge is -2.35. The van der Waals surface area contributed by atoms with Crippen LogP contribution in [0.15, 0.2) is 20.1 Å². The molecule has 0 aromatic carbocycles. The Hall–Kier alpha value is -0.440. The maximum absolute atomic E-state index is 12.1. The van der Waals surface area contributed by atoms with Crippen molar-refractivity contribution in [3.8, 4) is 0 Å². The highest BCUT2D eigenvalue weighted by Gasteiger charge is 2.58. The molecule has 8 heteroatoms. The van der Waals surface area contributed by atoms with Gasteiger partial charge < -0.3 is 9.84 Å². The van der Waals surface area contributed by atoms with Crippen molar-refractivity contribution in [3.05, 3.63) is 15.9 Å². The van der Waals surface area contributed by atoms with Gasteiger partial charge >= 0.3 is 5.97 Å². The molecule has 0 bridgehead atoms. The number of thiophene rings is 1. The summed E-state index contributed by atoms with van der Waals surface area (Å²) in [7, 11) is -3.88. The van der Waals surface area contributed by atoms with Crippen LogP contribution in [0.1, 0.15) is 0 Å². The third-order valence-electron chi connectivity index (χ3n) is 2.39. The van der Waals surface area contributed by atoms with Gasteiger partial charge in [-0.05, 0) is 28.1 Å². The van der Waals surface area contributed by atoms with Crippen LogP contribution < -0.4 is 0 Å². The van der Waals surface area contributed by atoms with E-state index in [9.17, 15) is 13.2 Å². The molecule has 0 saturated carbocycles. The van der Waals surface area contributed by atoms with E-state index in [2.05, 4.69) is 15.9 Å². The second-order valence-corrected chi connectivity index (χ2v) is 8.30. The number of hydrogen-bond donors (Lipinski definition) is 1. The van der Waals surface area contributed by atoms with Crippen LogP contribution in [0.4, 0.5) is 0 Å². The van der Waals surface area contributed by atoms with Crippen molar-refractivity contribution in [2.75, 3.05) is 13.2 Å². The highest BCUT2D eigenvalue weighted by Crippen LogP contribution is 2.37. The van der Waals surface area contributed by atoms with Crippen LogP contribution in [-0.2, 0) is 19.4 Å². The minimum atomic E-state index is -3.88. The van der Waals surface area contributed by atoms with Crippen LogP contribution in [-0.4, -0.2) is 37.5 Å². The number of aliphatic carboxylic acids is 1. The zero-order chi connectivity index (χ0) is 12.0. The number of sulfone groups is 1. The lowest BCUT2D eigenvalue weighted by molar-refractivity contribution is -0.152. The first-order valence-electron chi connectivity index (χ1n) is 4.21. The molecule has 1 aliphatic heterocycles. The largest absolute Gasteiger partial charge is 0.480 e. The minimum Gasteiger partial charge on any atom is -0.480 e. The second kappa shape index (κ2) is 3.80. The van der Waals surface area contributed by atoms with Gasteiger partial charge in [-0.25, -0.2) is 8.42 Å². The fraction of sp³-hybridized carbons (Fsp3) is 0.375. The quantitative estimate of drug-likeness (QED) is 0.900. The summed E-state index contributed by atoms with van der Waals surface area (Å²) >= 11 is 4.14. The van der Waals surface area contributed by atoms with Gasteiger partial charge in [0.05, 0.1) is 17.0 Å². The topological polar surface area (TPSA) is 80.7 Å². The Bertz CT molecular complexity index is 528. The number of ether oxygens (including phenoxy) is 1. The van der Waals surface area contributed by atoms with Crippen molar-refractivity contribution in [3.63, 3.8) is 0 Å². The van der Waals surface area contributed by atoms with E-state index >= 15 is 0 Å². The molecule has 1 aliphatic rings. The van der Waals surface area contributed by atoms with Gasteiger partial charge in [0.2, 0.25) is 14.6 Å². The first kappa shape index (κ1) is 12.0. The molecule has 0 spiro atoms. The molecule has 5 nitrogen and oxygen atoms in total. The molecule has 1 aromatic rings. The zero-order valence-corrected chi connectivity index (χ0v) is 11.1. The van der Waals surface area contributed by atoms with Crippen molar-refractivity contribution in [2.45, 2.75) is 8.96 Å². The standard InChI is InChI=1S/C8H7BrO5S2/c9-5-1-2-6(15-5)16(12,13)8(7(10)11)3-14-4-8/h1-2H,3-4H2,(H,10,11). The van der Waals surface area contributed by atoms with Gasteiger partial charge in [-0.15, -0.1) is 11.3 Å². The van der Waals surface area contributed by atoms with Crippen LogP contribution in [0.5, 0.6) is 0 Å². The molecule has 1 N–H and O–H groups in total. The molecule has 0 radical (unpaired) electrons. The van der Waals surface area contributed by atoms with E-state index in [1.807, 2.05) is 0 Å². The molecule has 88 valence electrons. The molecule has 1 fully saturated rings. The van der Waals surface area contributed by atoms with E-state index < -0.39 is 20.6 Å². The molecule has 0 amide bonds. The summed E-state index contributed by atoms with van der Waals surface area (Å²) in [5, 5.41) is 9.02. The number of carboxylic acids is 1. The first-order valence-corrected chi connectivity index (χ1v) is 7.30. The Balaban J connectivity index is 2.50. The summed E-state index contributed by atoms with van der Waals surface area (Å²) in [5.74, 6) is -1.36. The van der Waals surface area contributed by atoms with Crippen LogP contribution >= 0.6 is 27.3 Å². The molecule has 0 unspecified atom stereocenters. The smallest absolute Gasteiger partial charge is 0.330 e. The second-order valence-electron chi connectivity index (χ2n) is 3.35. The fourth-order valence-electron chi connectivity index (χ4n) is 1.32. The average molecular weight is 327 g/mol. The third-order valence-corrected chi connectivity index (χ3v) is 6.82. The highest BCUT2D eigenvalue weighted by molar-refractivity contribution is 9.11. The normalized spacial score (nSPS) is 19.1. The summed E-state index contributed by atoms with van der Waals surface area (Å²) in [5.41, 5.74) is 0. The lowest BCUT2D eigenvalue weighted by Crippen LogP contribution is -2.61. The summed E-state index contributed by atoms with van der Waals surface area (Å²) in [6.07, 6.45) is 0. The number of rotatable bonds is 3. The molecular formula is C8H7BrO5S2. The highest BCUT2D eigenvalue weighted by atomic mass is 79.9. The molecule has 1 saturated heterocycles. The Morgan fingerprint density at radius 3 is 2.44 bits per heavy atom. The van der Waals surface area contributed by atoms with Crippen LogP contribution in [0.3, 0.4) is 0 Å². The van der Waals surface area contributed by atoms with Crippen molar-refractivity contribution < 1.29 is 23.1 Å². The van der Waals surface area contributed by atoms with E-state index in [1.54, 1.807) is 6.07 Å². The van der Waals surface area contributed by atoms with Crippen molar-refractivity contribution in [1.82, 2.24) is 0 Å². The average Bonchev–Trinajstić information content (AvgIpc) is 2.48. The Labute approximate surface area is 104 Å². The molecule has 0 atom stereocenters. The predicted octanol–water partition coefficient (Wildman–Crippen LogP) is 1.14. The molecular weight excluding hydrogens is 320 g/mol. The SMILES string of the molecule is O=C(O)C1(S(=O)(=O)c2ccc(Br)s2)COC1. The van der Waals surface area contributed by atoms with Gasteiger partial charge in [-0.2, -0.15) is 0 Å². The third kappa shape index (κ3) is 1.52. The first-order chi connectivity index (χ1) is 7.40. The Morgan fingerprint density at radius 1 is 1.50 bits per heavy atom.